The van der Waals surface area contributed by atoms with Crippen molar-refractivity contribution in [3.05, 3.63) is 26.9 Å². The molecule has 0 unspecified atom stereocenters. The maximum Gasteiger partial charge on any atom is 0.332 e. The van der Waals surface area contributed by atoms with Crippen LogP contribution in [-0.4, -0.2) is 65.5 Å². The highest BCUT2D eigenvalue weighted by atomic mass is 16.7. The third-order valence-electron chi connectivity index (χ3n) is 4.98. The van der Waals surface area contributed by atoms with Gasteiger partial charge in [0.15, 0.2) is 18.4 Å². The quantitative estimate of drug-likeness (QED) is 0.453. The second kappa shape index (κ2) is 9.33. The van der Waals surface area contributed by atoms with E-state index < -0.39 is 53.7 Å². The molecular formula is C19H25N3O9. The molecule has 0 saturated carbocycles. The Morgan fingerprint density at radius 2 is 1.65 bits per heavy atom. The number of nitrogens with one attached hydrogen (secondary N) is 1. The Morgan fingerprint density at radius 1 is 1.03 bits per heavy atom. The van der Waals surface area contributed by atoms with Gasteiger partial charge >= 0.3 is 23.6 Å². The van der Waals surface area contributed by atoms with Gasteiger partial charge in [0.2, 0.25) is 0 Å². The number of esters is 3. The summed E-state index contributed by atoms with van der Waals surface area (Å²) in [5.74, 6) is -1.66. The van der Waals surface area contributed by atoms with Crippen molar-refractivity contribution in [1.29, 1.82) is 0 Å². The molecule has 0 spiro atoms. The number of ether oxygens (including phenoxy) is 4. The maximum absolute atomic E-state index is 12.8. The summed E-state index contributed by atoms with van der Waals surface area (Å²) in [5.41, 5.74) is -1.36. The molecule has 2 fully saturated rings. The van der Waals surface area contributed by atoms with Gasteiger partial charge in [-0.15, -0.1) is 0 Å². The van der Waals surface area contributed by atoms with Gasteiger partial charge in [-0.05, 0) is 12.8 Å². The molecule has 0 aromatic carbocycles. The van der Waals surface area contributed by atoms with Gasteiger partial charge in [0.05, 0.1) is 0 Å². The molecule has 12 nitrogen and oxygen atoms in total. The summed E-state index contributed by atoms with van der Waals surface area (Å²) in [6.45, 7) is 4.49. The number of H-pyrrole nitrogens is 1. The van der Waals surface area contributed by atoms with Crippen LogP contribution in [0.2, 0.25) is 0 Å². The van der Waals surface area contributed by atoms with Crippen molar-refractivity contribution in [2.24, 2.45) is 0 Å². The van der Waals surface area contributed by atoms with Gasteiger partial charge in [0, 0.05) is 39.9 Å². The lowest BCUT2D eigenvalue weighted by molar-refractivity contribution is -0.166. The van der Waals surface area contributed by atoms with Crippen LogP contribution in [0.15, 0.2) is 15.7 Å². The van der Waals surface area contributed by atoms with E-state index in [0.29, 0.717) is 18.9 Å². The van der Waals surface area contributed by atoms with Gasteiger partial charge in [0.25, 0.3) is 5.56 Å². The highest BCUT2D eigenvalue weighted by Gasteiger charge is 2.51. The van der Waals surface area contributed by atoms with Crippen molar-refractivity contribution in [3.63, 3.8) is 0 Å². The Kier molecular flexibility index (Phi) is 6.78. The summed E-state index contributed by atoms with van der Waals surface area (Å²) < 4.78 is 22.8. The fourth-order valence-corrected chi connectivity index (χ4v) is 3.83. The highest BCUT2D eigenvalue weighted by molar-refractivity contribution is 5.68. The zero-order valence-corrected chi connectivity index (χ0v) is 17.5. The number of nitrogens with zero attached hydrogens (tertiary/aromatic N) is 2. The average molecular weight is 439 g/mol. The van der Waals surface area contributed by atoms with Gasteiger partial charge in [0.1, 0.15) is 18.5 Å². The van der Waals surface area contributed by atoms with Gasteiger partial charge in [-0.1, -0.05) is 0 Å². The Balaban J connectivity index is 2.08. The minimum Gasteiger partial charge on any atom is -0.463 e. The molecule has 2 aliphatic rings. The van der Waals surface area contributed by atoms with E-state index in [0.717, 1.165) is 19.8 Å². The summed E-state index contributed by atoms with van der Waals surface area (Å²) in [7, 11) is 0. The zero-order chi connectivity index (χ0) is 22.7. The van der Waals surface area contributed by atoms with E-state index in [1.165, 1.54) is 24.5 Å². The van der Waals surface area contributed by atoms with Crippen molar-refractivity contribution in [2.75, 3.05) is 24.6 Å². The van der Waals surface area contributed by atoms with E-state index in [4.69, 9.17) is 18.9 Å². The van der Waals surface area contributed by atoms with Crippen LogP contribution >= 0.6 is 0 Å². The van der Waals surface area contributed by atoms with Crippen LogP contribution in [0.4, 0.5) is 5.82 Å². The molecule has 170 valence electrons. The number of anilines is 1. The van der Waals surface area contributed by atoms with E-state index in [1.807, 2.05) is 4.90 Å². The zero-order valence-electron chi connectivity index (χ0n) is 17.5. The van der Waals surface area contributed by atoms with Crippen LogP contribution in [0.1, 0.15) is 39.8 Å². The van der Waals surface area contributed by atoms with Crippen LogP contribution in [0.5, 0.6) is 0 Å². The normalized spacial score (nSPS) is 25.3. The molecule has 1 aromatic rings. The molecular weight excluding hydrogens is 414 g/mol. The SMILES string of the molecule is CC(=O)OC[C@H]1O[C@@H](n2c(N3CCCC3)cc(=O)[nH]c2=O)[C@H](OC(C)=O)[C@@H]1OC(C)=O. The van der Waals surface area contributed by atoms with Gasteiger partial charge in [-0.25, -0.2) is 9.36 Å². The lowest BCUT2D eigenvalue weighted by Gasteiger charge is -2.28. The molecule has 0 bridgehead atoms. The van der Waals surface area contributed by atoms with Crippen LogP contribution < -0.4 is 16.1 Å². The number of aromatic nitrogens is 2. The third kappa shape index (κ3) is 5.13. The van der Waals surface area contributed by atoms with Gasteiger partial charge in [-0.2, -0.15) is 0 Å². The fraction of sp³-hybridized carbons (Fsp3) is 0.632. The molecule has 0 radical (unpaired) electrons. The van der Waals surface area contributed by atoms with E-state index >= 15 is 0 Å². The molecule has 0 amide bonds. The molecule has 3 rings (SSSR count). The van der Waals surface area contributed by atoms with E-state index in [1.54, 1.807) is 0 Å². The van der Waals surface area contributed by atoms with E-state index in [-0.39, 0.29) is 6.61 Å². The number of rotatable bonds is 6. The number of hydrogen-bond donors (Lipinski definition) is 1. The summed E-state index contributed by atoms with van der Waals surface area (Å²) in [6.07, 6.45) is -2.83. The van der Waals surface area contributed by atoms with Crippen LogP contribution in [0.3, 0.4) is 0 Å². The molecule has 3 heterocycles. The topological polar surface area (TPSA) is 146 Å². The van der Waals surface area contributed by atoms with Crippen LogP contribution in [0, 0.1) is 0 Å². The minimum atomic E-state index is -1.23. The molecule has 12 heteroatoms. The predicted molar refractivity (Wildman–Crippen MR) is 104 cm³/mol. The Hall–Kier alpha value is -3.15. The first kappa shape index (κ1) is 22.5. The van der Waals surface area contributed by atoms with E-state index in [9.17, 15) is 24.0 Å². The minimum absolute atomic E-state index is 0.293. The first-order valence-electron chi connectivity index (χ1n) is 9.91. The first-order chi connectivity index (χ1) is 14.7. The number of carbonyl (C=O) groups excluding carboxylic acids is 3. The number of aromatic amines is 1. The summed E-state index contributed by atoms with van der Waals surface area (Å²) in [4.78, 5) is 63.6. The van der Waals surface area contributed by atoms with Crippen molar-refractivity contribution in [2.45, 2.75) is 58.2 Å². The monoisotopic (exact) mass is 439 g/mol. The standard InChI is InChI=1S/C19H25N3O9/c1-10(23)28-9-13-16(29-11(2)24)17(30-12(3)25)18(31-13)22-15(21-6-4-5-7-21)8-14(26)20-19(22)27/h8,13,16-18H,4-7,9H2,1-3H3,(H,20,26,27)/t13-,16-,17-,18-/m1/s1. The molecule has 0 aliphatic carbocycles. The highest BCUT2D eigenvalue weighted by Crippen LogP contribution is 2.36. The third-order valence-corrected chi connectivity index (χ3v) is 4.98. The van der Waals surface area contributed by atoms with Crippen molar-refractivity contribution >= 4 is 23.7 Å². The van der Waals surface area contributed by atoms with Crippen molar-refractivity contribution in [3.8, 4) is 0 Å². The molecule has 1 N–H and O–H groups in total. The molecule has 31 heavy (non-hydrogen) atoms. The molecule has 1 aromatic heterocycles. The molecule has 2 aliphatic heterocycles. The summed E-state index contributed by atoms with van der Waals surface area (Å²) >= 11 is 0. The van der Waals surface area contributed by atoms with Gasteiger partial charge in [-0.3, -0.25) is 24.2 Å². The second-order valence-corrected chi connectivity index (χ2v) is 7.38. The summed E-state index contributed by atoms with van der Waals surface area (Å²) in [5, 5.41) is 0. The average Bonchev–Trinajstić information content (AvgIpc) is 3.29. The first-order valence-corrected chi connectivity index (χ1v) is 9.91. The van der Waals surface area contributed by atoms with Crippen LogP contribution in [-0.2, 0) is 33.3 Å². The molecule has 4 atom stereocenters. The number of hydrogen-bond acceptors (Lipinski definition) is 10. The Bertz CT molecular complexity index is 963. The fourth-order valence-electron chi connectivity index (χ4n) is 3.83. The van der Waals surface area contributed by atoms with Crippen LogP contribution in [0.25, 0.3) is 0 Å². The Morgan fingerprint density at radius 3 is 2.23 bits per heavy atom. The maximum atomic E-state index is 12.8. The van der Waals surface area contributed by atoms with Gasteiger partial charge < -0.3 is 23.8 Å². The van der Waals surface area contributed by atoms with Crippen molar-refractivity contribution in [1.82, 2.24) is 9.55 Å². The smallest absolute Gasteiger partial charge is 0.332 e. The predicted octanol–water partition coefficient (Wildman–Crippen LogP) is -0.539. The molecule has 2 saturated heterocycles. The largest absolute Gasteiger partial charge is 0.463 e. The van der Waals surface area contributed by atoms with E-state index in [2.05, 4.69) is 4.98 Å². The lowest BCUT2D eigenvalue weighted by atomic mass is 10.1. The Labute approximate surface area is 177 Å². The lowest BCUT2D eigenvalue weighted by Crippen LogP contribution is -2.44. The number of carbonyl (C=O) groups is 3. The second-order valence-electron chi connectivity index (χ2n) is 7.38. The summed E-state index contributed by atoms with van der Waals surface area (Å²) in [6, 6.07) is 1.27. The van der Waals surface area contributed by atoms with Crippen molar-refractivity contribution < 1.29 is 33.3 Å².